The predicted octanol–water partition coefficient (Wildman–Crippen LogP) is 1.75. The van der Waals surface area contributed by atoms with Gasteiger partial charge in [-0.1, -0.05) is 0 Å². The molecule has 5 rings (SSSR count). The van der Waals surface area contributed by atoms with E-state index in [1.807, 2.05) is 25.4 Å². The molecule has 10 heteroatoms. The molecule has 1 aliphatic heterocycles. The summed E-state index contributed by atoms with van der Waals surface area (Å²) in [6.45, 7) is 6.46. The van der Waals surface area contributed by atoms with Crippen LogP contribution in [0.15, 0.2) is 24.4 Å². The lowest BCUT2D eigenvalue weighted by molar-refractivity contribution is 0.0959. The molecule has 0 spiro atoms. The zero-order chi connectivity index (χ0) is 23.3. The molecule has 4 aromatic rings. The zero-order valence-electron chi connectivity index (χ0n) is 19.0. The van der Waals surface area contributed by atoms with Crippen LogP contribution in [0.5, 0.6) is 5.75 Å². The minimum absolute atomic E-state index is 0.0443. The Morgan fingerprint density at radius 2 is 2.06 bits per heavy atom. The Labute approximate surface area is 190 Å². The Kier molecular flexibility index (Phi) is 5.09. The van der Waals surface area contributed by atoms with E-state index in [0.29, 0.717) is 33.7 Å². The van der Waals surface area contributed by atoms with Gasteiger partial charge >= 0.3 is 0 Å². The Morgan fingerprint density at radius 3 is 2.82 bits per heavy atom. The van der Waals surface area contributed by atoms with Crippen LogP contribution in [0.4, 0.5) is 5.82 Å². The Morgan fingerprint density at radius 1 is 1.24 bits per heavy atom. The number of hydrogen-bond acceptors (Lipinski definition) is 8. The first-order valence-electron chi connectivity index (χ1n) is 10.9. The fraction of sp³-hybridized carbons (Fsp3) is 0.348. The number of fused-ring (bicyclic) bond motifs is 2. The molecular formula is C23H26N8O2. The van der Waals surface area contributed by atoms with Crippen molar-refractivity contribution in [2.75, 3.05) is 31.6 Å². The summed E-state index contributed by atoms with van der Waals surface area (Å²) < 4.78 is 1.69. The third kappa shape index (κ3) is 3.62. The highest BCUT2D eigenvalue weighted by Crippen LogP contribution is 2.36. The fourth-order valence-electron chi connectivity index (χ4n) is 4.33. The number of carbonyl (C=O) groups is 1. The van der Waals surface area contributed by atoms with Gasteiger partial charge in [0, 0.05) is 56.9 Å². The normalized spacial score (nSPS) is 16.5. The lowest BCUT2D eigenvalue weighted by Crippen LogP contribution is -2.49. The summed E-state index contributed by atoms with van der Waals surface area (Å²) in [5.74, 6) is 0.731. The third-order valence-corrected chi connectivity index (χ3v) is 6.03. The second-order valence-corrected chi connectivity index (χ2v) is 8.45. The highest BCUT2D eigenvalue weighted by Gasteiger charge is 2.23. The minimum Gasteiger partial charge on any atom is -0.507 e. The number of aromatic nitrogens is 5. The quantitative estimate of drug-likeness (QED) is 0.435. The molecule has 1 amide bonds. The van der Waals surface area contributed by atoms with Crippen LogP contribution in [-0.2, 0) is 7.05 Å². The van der Waals surface area contributed by atoms with Gasteiger partial charge in [-0.3, -0.25) is 9.48 Å². The molecule has 0 radical (unpaired) electrons. The molecule has 1 aliphatic rings. The third-order valence-electron chi connectivity index (χ3n) is 6.03. The van der Waals surface area contributed by atoms with E-state index in [1.54, 1.807) is 24.7 Å². The largest absolute Gasteiger partial charge is 0.507 e. The molecule has 1 unspecified atom stereocenters. The van der Waals surface area contributed by atoms with Crippen molar-refractivity contribution in [2.45, 2.75) is 19.9 Å². The zero-order valence-corrected chi connectivity index (χ0v) is 19.0. The maximum Gasteiger partial charge on any atom is 0.272 e. The lowest BCUT2D eigenvalue weighted by atomic mass is 10.0. The summed E-state index contributed by atoms with van der Waals surface area (Å²) in [7, 11) is 3.38. The Balaban J connectivity index is 1.69. The number of nitrogens with one attached hydrogen (secondary N) is 2. The molecule has 0 aliphatic carbocycles. The lowest BCUT2D eigenvalue weighted by Gasteiger charge is -2.32. The highest BCUT2D eigenvalue weighted by molar-refractivity contribution is 6.04. The number of anilines is 1. The van der Waals surface area contributed by atoms with E-state index in [0.717, 1.165) is 30.8 Å². The van der Waals surface area contributed by atoms with Gasteiger partial charge in [-0.05, 0) is 32.0 Å². The molecule has 0 saturated carbocycles. The van der Waals surface area contributed by atoms with Crippen molar-refractivity contribution in [1.29, 1.82) is 0 Å². The second-order valence-electron chi connectivity index (χ2n) is 8.45. The summed E-state index contributed by atoms with van der Waals surface area (Å²) >= 11 is 0. The first-order valence-corrected chi connectivity index (χ1v) is 10.9. The van der Waals surface area contributed by atoms with Gasteiger partial charge in [0.2, 0.25) is 0 Å². The summed E-state index contributed by atoms with van der Waals surface area (Å²) in [4.78, 5) is 29.0. The molecule has 3 N–H and O–H groups in total. The molecule has 170 valence electrons. The number of phenolic OH excluding ortho intramolecular Hbond substituents is 1. The number of carbonyl (C=O) groups excluding carboxylic acids is 1. The van der Waals surface area contributed by atoms with E-state index < -0.39 is 0 Å². The van der Waals surface area contributed by atoms with Crippen LogP contribution in [0.3, 0.4) is 0 Å². The average molecular weight is 447 g/mol. The molecule has 1 atom stereocenters. The summed E-state index contributed by atoms with van der Waals surface area (Å²) in [5, 5.41) is 22.2. The molecule has 0 bridgehead atoms. The predicted molar refractivity (Wildman–Crippen MR) is 127 cm³/mol. The van der Waals surface area contributed by atoms with E-state index in [2.05, 4.69) is 37.5 Å². The van der Waals surface area contributed by atoms with Crippen molar-refractivity contribution >= 4 is 33.7 Å². The van der Waals surface area contributed by atoms with Crippen LogP contribution in [0.2, 0.25) is 0 Å². The smallest absolute Gasteiger partial charge is 0.272 e. The van der Waals surface area contributed by atoms with Crippen LogP contribution in [0.25, 0.3) is 33.3 Å². The van der Waals surface area contributed by atoms with Crippen LogP contribution < -0.4 is 15.5 Å². The maximum absolute atomic E-state index is 12.8. The van der Waals surface area contributed by atoms with Gasteiger partial charge in [-0.15, -0.1) is 0 Å². The summed E-state index contributed by atoms with van der Waals surface area (Å²) in [5.41, 5.74) is 2.93. The number of pyridine rings is 1. The number of phenols is 1. The summed E-state index contributed by atoms with van der Waals surface area (Å²) in [6, 6.07) is 5.92. The first kappa shape index (κ1) is 21.1. The molecule has 4 heterocycles. The van der Waals surface area contributed by atoms with Gasteiger partial charge in [0.1, 0.15) is 17.1 Å². The number of amides is 1. The number of aryl methyl sites for hydroxylation is 2. The maximum atomic E-state index is 12.8. The van der Waals surface area contributed by atoms with Crippen molar-refractivity contribution in [3.05, 3.63) is 35.7 Å². The van der Waals surface area contributed by atoms with Gasteiger partial charge < -0.3 is 20.6 Å². The minimum atomic E-state index is -0.361. The number of rotatable bonds is 3. The summed E-state index contributed by atoms with van der Waals surface area (Å²) in [6.07, 6.45) is 1.87. The average Bonchev–Trinajstić information content (AvgIpc) is 3.20. The second kappa shape index (κ2) is 7.96. The molecule has 1 aromatic carbocycles. The standard InChI is InChI=1S/C23H26N8O2/c1-12-10-31(8-7-25-12)17-6-5-16-19(27-17)20(23(33)24-3)28-22(26-16)15-9-14-11-30(4)29-18(14)13(2)21(15)32/h5-6,9,11-12,25,32H,7-8,10H2,1-4H3,(H,24,33). The molecule has 1 saturated heterocycles. The van der Waals surface area contributed by atoms with E-state index >= 15 is 0 Å². The first-order chi connectivity index (χ1) is 15.9. The Hall–Kier alpha value is -3.79. The van der Waals surface area contributed by atoms with Crippen LogP contribution >= 0.6 is 0 Å². The molecular weight excluding hydrogens is 420 g/mol. The van der Waals surface area contributed by atoms with E-state index in [1.165, 1.54) is 0 Å². The molecule has 3 aromatic heterocycles. The van der Waals surface area contributed by atoms with Crippen molar-refractivity contribution in [1.82, 2.24) is 35.4 Å². The van der Waals surface area contributed by atoms with Crippen molar-refractivity contribution in [3.63, 3.8) is 0 Å². The van der Waals surface area contributed by atoms with Gasteiger partial charge in [0.25, 0.3) is 5.91 Å². The van der Waals surface area contributed by atoms with Gasteiger partial charge in [-0.2, -0.15) is 5.10 Å². The monoisotopic (exact) mass is 446 g/mol. The van der Waals surface area contributed by atoms with Crippen molar-refractivity contribution < 1.29 is 9.90 Å². The van der Waals surface area contributed by atoms with E-state index in [4.69, 9.17) is 4.98 Å². The van der Waals surface area contributed by atoms with E-state index in [9.17, 15) is 9.90 Å². The van der Waals surface area contributed by atoms with Gasteiger partial charge in [0.05, 0.1) is 16.6 Å². The SMILES string of the molecule is CNC(=O)c1nc(-c2cc3cn(C)nc3c(C)c2O)nc2ccc(N3CCNC(C)C3)nc12. The number of aromatic hydroxyl groups is 1. The van der Waals surface area contributed by atoms with E-state index in [-0.39, 0.29) is 23.2 Å². The van der Waals surface area contributed by atoms with Gasteiger partial charge in [-0.25, -0.2) is 15.0 Å². The fourth-order valence-corrected chi connectivity index (χ4v) is 4.33. The highest BCUT2D eigenvalue weighted by atomic mass is 16.3. The molecule has 33 heavy (non-hydrogen) atoms. The number of nitrogens with zero attached hydrogens (tertiary/aromatic N) is 6. The number of piperazine rings is 1. The topological polar surface area (TPSA) is 121 Å². The van der Waals surface area contributed by atoms with Crippen LogP contribution in [0.1, 0.15) is 23.0 Å². The number of hydrogen-bond donors (Lipinski definition) is 3. The van der Waals surface area contributed by atoms with Crippen molar-refractivity contribution in [2.24, 2.45) is 7.05 Å². The Bertz CT molecular complexity index is 1400. The molecule has 1 fully saturated rings. The van der Waals surface area contributed by atoms with Crippen LogP contribution in [-0.4, -0.2) is 68.5 Å². The van der Waals surface area contributed by atoms with Crippen LogP contribution in [0, 0.1) is 6.92 Å². The number of benzene rings is 1. The van der Waals surface area contributed by atoms with Crippen molar-refractivity contribution in [3.8, 4) is 17.1 Å². The molecule has 10 nitrogen and oxygen atoms in total. The van der Waals surface area contributed by atoms with Gasteiger partial charge in [0.15, 0.2) is 11.5 Å².